The molecule has 0 aromatic heterocycles. The molecule has 0 aliphatic rings. The molecule has 1 radical (unpaired) electrons. The Balaban J connectivity index is 0. The van der Waals surface area contributed by atoms with E-state index in [1.807, 2.05) is 0 Å². The Labute approximate surface area is 114 Å². The molecule has 0 fully saturated rings. The number of hydrogen-bond donors (Lipinski definition) is 0. The van der Waals surface area contributed by atoms with E-state index in [-0.39, 0.29) is 118 Å². The summed E-state index contributed by atoms with van der Waals surface area (Å²) in [6.07, 6.45) is 0. The zero-order chi connectivity index (χ0) is 0. The number of rotatable bonds is 0. The molecule has 0 N–H and O–H groups in total. The van der Waals surface area contributed by atoms with Gasteiger partial charge < -0.3 is 0 Å². The van der Waals surface area contributed by atoms with Crippen LogP contribution in [0.1, 0.15) is 0 Å². The van der Waals surface area contributed by atoms with E-state index in [1.54, 1.807) is 0 Å². The topological polar surface area (TPSA) is 0 Å². The van der Waals surface area contributed by atoms with Crippen LogP contribution >= 0.6 is 0 Å². The Hall–Kier alpha value is 3.95. The molecule has 0 atom stereocenters. The van der Waals surface area contributed by atoms with E-state index in [2.05, 4.69) is 0 Å². The van der Waals surface area contributed by atoms with Crippen molar-refractivity contribution in [1.29, 1.82) is 0 Å². The van der Waals surface area contributed by atoms with Crippen molar-refractivity contribution in [3.63, 3.8) is 0 Å². The first-order valence-corrected chi connectivity index (χ1v) is 0. The van der Waals surface area contributed by atoms with Crippen LogP contribution in [0.4, 0.5) is 0 Å². The van der Waals surface area contributed by atoms with Crippen molar-refractivity contribution in [2.45, 2.75) is 0 Å². The predicted molar refractivity (Wildman–Crippen MR) is 9.94 cm³/mol. The van der Waals surface area contributed by atoms with Crippen LogP contribution in [0.3, 0.4) is 0 Å². The fraction of sp³-hybridized carbons (Fsp3) is 0. The molecule has 0 heterocycles. The van der Waals surface area contributed by atoms with Gasteiger partial charge in [0, 0.05) is 91.7 Å². The summed E-state index contributed by atoms with van der Waals surface area (Å²) in [4.78, 5) is 0. The molecule has 0 nitrogen and oxygen atoms in total. The minimum absolute atomic E-state index is 0. The predicted octanol–water partition coefficient (Wildman–Crippen LogP) is -1.19. The normalized spacial score (nSPS) is 0. The van der Waals surface area contributed by atoms with E-state index < -0.39 is 0 Å². The molecule has 0 saturated carbocycles. The molecule has 0 amide bonds. The molecule has 21 valence electrons. The van der Waals surface area contributed by atoms with E-state index >= 15 is 0 Å². The van der Waals surface area contributed by atoms with Crippen molar-refractivity contribution in [1.82, 2.24) is 0 Å². The van der Waals surface area contributed by atoms with Crippen molar-refractivity contribution in [3.8, 4) is 0 Å². The quantitative estimate of drug-likeness (QED) is 0.349. The van der Waals surface area contributed by atoms with E-state index in [4.69, 9.17) is 0 Å². The summed E-state index contributed by atoms with van der Waals surface area (Å²) >= 11 is 0. The fourth-order valence-electron chi connectivity index (χ4n) is 0. The van der Waals surface area contributed by atoms with Gasteiger partial charge in [-0.05, 0) is 0 Å². The zero-order valence-corrected chi connectivity index (χ0v) is 10.9. The molecule has 0 aliphatic carbocycles. The Kier molecular flexibility index (Phi) is 97.1. The molecule has 0 saturated heterocycles. The summed E-state index contributed by atoms with van der Waals surface area (Å²) in [7, 11) is 0. The summed E-state index contributed by atoms with van der Waals surface area (Å²) in [5, 5.41) is 0. The van der Waals surface area contributed by atoms with Crippen molar-refractivity contribution in [2.24, 2.45) is 0 Å². The summed E-state index contributed by atoms with van der Waals surface area (Å²) in [6, 6.07) is 0. The van der Waals surface area contributed by atoms with Gasteiger partial charge in [-0.3, -0.25) is 0 Å². The SMILES string of the molecule is [Dy].[Hg].[InH3].[Sc]. The van der Waals surface area contributed by atoms with Crippen molar-refractivity contribution in [3.05, 3.63) is 0 Å². The molecular formula is H3DyHgInSc. The minimum atomic E-state index is 0. The second-order valence-electron chi connectivity index (χ2n) is 0. The maximum Gasteiger partial charge on any atom is 0 e. The Morgan fingerprint density at radius 2 is 1.00 bits per heavy atom. The van der Waals surface area contributed by atoms with Gasteiger partial charge in [0.25, 0.3) is 0 Å². The van der Waals surface area contributed by atoms with Crippen molar-refractivity contribution in [2.75, 3.05) is 0 Å². The van der Waals surface area contributed by atoms with Crippen molar-refractivity contribution >= 4 is 25.8 Å². The van der Waals surface area contributed by atoms with Crippen molar-refractivity contribution < 1.29 is 91.7 Å². The maximum absolute atomic E-state index is 0. The van der Waals surface area contributed by atoms with E-state index in [1.165, 1.54) is 0 Å². The summed E-state index contributed by atoms with van der Waals surface area (Å²) in [5.41, 5.74) is 0. The number of hydrogen-bond acceptors (Lipinski definition) is 0. The monoisotopic (exact) mass is 529 g/mol. The zero-order valence-electron chi connectivity index (χ0n) is 1.60. The second-order valence-corrected chi connectivity index (χ2v) is 0. The van der Waals surface area contributed by atoms with Crippen LogP contribution < -0.4 is 0 Å². The summed E-state index contributed by atoms with van der Waals surface area (Å²) < 4.78 is 0. The average Bonchev–Trinajstić information content (AvgIpc) is 0. The van der Waals surface area contributed by atoms with Crippen LogP contribution in [0.2, 0.25) is 0 Å². The smallest absolute Gasteiger partial charge is 0 e. The molecule has 4 heteroatoms. The summed E-state index contributed by atoms with van der Waals surface area (Å²) in [6.45, 7) is 0. The molecule has 0 aromatic carbocycles. The largest absolute Gasteiger partial charge is 0 e. The minimum Gasteiger partial charge on any atom is 0 e. The molecule has 0 aromatic rings. The van der Waals surface area contributed by atoms with Gasteiger partial charge in [-0.15, -0.1) is 0 Å². The van der Waals surface area contributed by atoms with Crippen LogP contribution in [-0.4, -0.2) is 25.8 Å². The molecule has 0 spiro atoms. The molecule has 0 aliphatic heterocycles. The third-order valence-electron chi connectivity index (χ3n) is 0. The molecule has 0 bridgehead atoms. The van der Waals surface area contributed by atoms with Gasteiger partial charge in [0.05, 0.1) is 0 Å². The molecular weight excluding hydrogens is 523 g/mol. The van der Waals surface area contributed by atoms with Gasteiger partial charge in [0.1, 0.15) is 0 Å². The van der Waals surface area contributed by atoms with Crippen LogP contribution in [0.15, 0.2) is 0 Å². The van der Waals surface area contributed by atoms with Gasteiger partial charge in [-0.2, -0.15) is 0 Å². The maximum atomic E-state index is 0. The van der Waals surface area contributed by atoms with Gasteiger partial charge in [-0.1, -0.05) is 0 Å². The standard InChI is InChI=1S/Dy.Hg.In.Sc.3H. The van der Waals surface area contributed by atoms with Crippen LogP contribution in [0.5, 0.6) is 0 Å². The van der Waals surface area contributed by atoms with E-state index in [0.29, 0.717) is 0 Å². The second kappa shape index (κ2) is 15.8. The molecule has 0 rings (SSSR count). The van der Waals surface area contributed by atoms with Gasteiger partial charge in [0.2, 0.25) is 0 Å². The van der Waals surface area contributed by atoms with E-state index in [0.717, 1.165) is 0 Å². The first-order valence-electron chi connectivity index (χ1n) is 0. The van der Waals surface area contributed by atoms with Crippen LogP contribution in [-0.2, 0) is 53.5 Å². The first-order chi connectivity index (χ1) is 0. The van der Waals surface area contributed by atoms with E-state index in [9.17, 15) is 0 Å². The summed E-state index contributed by atoms with van der Waals surface area (Å²) in [5.74, 6) is 0. The first kappa shape index (κ1) is 24.6. The molecule has 0 unspecified atom stereocenters. The Bertz CT molecular complexity index is 8.00. The fourth-order valence-corrected chi connectivity index (χ4v) is 0. The van der Waals surface area contributed by atoms with Gasteiger partial charge in [-0.25, -0.2) is 0 Å². The van der Waals surface area contributed by atoms with Gasteiger partial charge >= 0.3 is 25.8 Å². The average molecular weight is 526 g/mol. The third-order valence-corrected chi connectivity index (χ3v) is 0. The Morgan fingerprint density at radius 3 is 1.00 bits per heavy atom. The Morgan fingerprint density at radius 1 is 1.00 bits per heavy atom. The van der Waals surface area contributed by atoms with Crippen LogP contribution in [0, 0.1) is 38.2 Å². The molecule has 4 heavy (non-hydrogen) atoms. The van der Waals surface area contributed by atoms with Gasteiger partial charge in [0.15, 0.2) is 0 Å². The third kappa shape index (κ3) is 9.34. The van der Waals surface area contributed by atoms with Crippen LogP contribution in [0.25, 0.3) is 0 Å².